The van der Waals surface area contributed by atoms with E-state index < -0.39 is 0 Å². The number of nitrogens with zero attached hydrogens (tertiary/aromatic N) is 2. The van der Waals surface area contributed by atoms with Crippen molar-refractivity contribution in [2.75, 3.05) is 0 Å². The SMILES string of the molecule is N#C[N]C=O. The van der Waals surface area contributed by atoms with Crippen molar-refractivity contribution in [1.82, 2.24) is 5.32 Å². The summed E-state index contributed by atoms with van der Waals surface area (Å²) in [6, 6.07) is 0. The summed E-state index contributed by atoms with van der Waals surface area (Å²) in [4.78, 5) is 9.02. The van der Waals surface area contributed by atoms with Crippen LogP contribution in [0.5, 0.6) is 0 Å². The molecule has 0 aromatic rings. The van der Waals surface area contributed by atoms with Crippen molar-refractivity contribution in [2.45, 2.75) is 0 Å². The first-order valence-corrected chi connectivity index (χ1v) is 0.941. The monoisotopic (exact) mass is 69.0 g/mol. The lowest BCUT2D eigenvalue weighted by Crippen LogP contribution is -1.85. The van der Waals surface area contributed by atoms with E-state index in [1.807, 2.05) is 0 Å². The standard InChI is InChI=1S/C2HN2O/c3-1-4-2-5/h2H. The molecule has 0 aliphatic heterocycles. The largest absolute Gasteiger partial charge is 0.276 e. The molecule has 0 rings (SSSR count). The molecule has 0 unspecified atom stereocenters. The summed E-state index contributed by atoms with van der Waals surface area (Å²) >= 11 is 0. The van der Waals surface area contributed by atoms with E-state index >= 15 is 0 Å². The molecule has 0 atom stereocenters. The van der Waals surface area contributed by atoms with Crippen molar-refractivity contribution in [3.05, 3.63) is 0 Å². The number of hydrogen-bond donors (Lipinski definition) is 0. The Morgan fingerprint density at radius 3 is 2.60 bits per heavy atom. The Bertz CT molecular complexity index is 62.5. The lowest BCUT2D eigenvalue weighted by atomic mass is 11.2. The molecule has 0 N–H and O–H groups in total. The Labute approximate surface area is 29.2 Å². The van der Waals surface area contributed by atoms with Crippen LogP contribution in [0.4, 0.5) is 0 Å². The highest BCUT2D eigenvalue weighted by atomic mass is 16.1. The highest BCUT2D eigenvalue weighted by molar-refractivity contribution is 5.47. The number of nitriles is 1. The summed E-state index contributed by atoms with van der Waals surface area (Å²) in [7, 11) is 0. The molecule has 0 spiro atoms. The maximum Gasteiger partial charge on any atom is 0.243 e. The first-order chi connectivity index (χ1) is 2.41. The third kappa shape index (κ3) is 2.96. The van der Waals surface area contributed by atoms with Crippen LogP contribution in [0.25, 0.3) is 0 Å². The molecule has 0 bridgehead atoms. The first-order valence-electron chi connectivity index (χ1n) is 0.941. The molecule has 25 valence electrons. The van der Waals surface area contributed by atoms with Crippen LogP contribution in [-0.4, -0.2) is 6.41 Å². The Morgan fingerprint density at radius 1 is 2.00 bits per heavy atom. The topological polar surface area (TPSA) is 55.0 Å². The molecule has 0 aromatic carbocycles. The number of carbonyl (C=O) groups is 1. The van der Waals surface area contributed by atoms with Gasteiger partial charge in [-0.2, -0.15) is 5.26 Å². The molecule has 0 saturated heterocycles. The summed E-state index contributed by atoms with van der Waals surface area (Å²) in [6.45, 7) is 0. The Balaban J connectivity index is 2.75. The second kappa shape index (κ2) is 2.96. The smallest absolute Gasteiger partial charge is 0.243 e. The third-order valence-corrected chi connectivity index (χ3v) is 0.110. The molecule has 0 saturated carbocycles. The van der Waals surface area contributed by atoms with Crippen molar-refractivity contribution in [1.29, 1.82) is 5.26 Å². The average molecular weight is 69.0 g/mol. The molecule has 5 heavy (non-hydrogen) atoms. The first kappa shape index (κ1) is 3.96. The van der Waals surface area contributed by atoms with Crippen LogP contribution in [0.15, 0.2) is 0 Å². The van der Waals surface area contributed by atoms with E-state index in [0.717, 1.165) is 0 Å². The highest BCUT2D eigenvalue weighted by Gasteiger charge is 1.60. The zero-order valence-electron chi connectivity index (χ0n) is 2.38. The molecule has 0 fully saturated rings. The summed E-state index contributed by atoms with van der Waals surface area (Å²) < 4.78 is 0. The fourth-order valence-corrected chi connectivity index (χ4v) is 0.0236. The molecule has 3 heteroatoms. The van der Waals surface area contributed by atoms with Gasteiger partial charge in [0.05, 0.1) is 0 Å². The van der Waals surface area contributed by atoms with E-state index in [9.17, 15) is 0 Å². The second-order valence-electron chi connectivity index (χ2n) is 0.335. The second-order valence-corrected chi connectivity index (χ2v) is 0.335. The molecule has 0 aliphatic carbocycles. The molecule has 3 nitrogen and oxygen atoms in total. The van der Waals surface area contributed by atoms with E-state index in [4.69, 9.17) is 10.1 Å². The van der Waals surface area contributed by atoms with Gasteiger partial charge < -0.3 is 0 Å². The van der Waals surface area contributed by atoms with E-state index in [-0.39, 0.29) is 6.41 Å². The summed E-state index contributed by atoms with van der Waals surface area (Å²) in [6.07, 6.45) is 1.47. The quantitative estimate of drug-likeness (QED) is 0.300. The Hall–Kier alpha value is -1.04. The predicted molar refractivity (Wildman–Crippen MR) is 13.8 cm³/mol. The van der Waals surface area contributed by atoms with Gasteiger partial charge in [-0.1, -0.05) is 0 Å². The van der Waals surface area contributed by atoms with Crippen molar-refractivity contribution >= 4 is 6.41 Å². The number of rotatable bonds is 1. The van der Waals surface area contributed by atoms with Crippen LogP contribution < -0.4 is 5.32 Å². The van der Waals surface area contributed by atoms with Gasteiger partial charge in [0.15, 0.2) is 0 Å². The van der Waals surface area contributed by atoms with Gasteiger partial charge in [-0.15, -0.1) is 5.32 Å². The fourth-order valence-electron chi connectivity index (χ4n) is 0.0236. The zero-order chi connectivity index (χ0) is 4.12. The maximum atomic E-state index is 9.02. The maximum absolute atomic E-state index is 9.02. The van der Waals surface area contributed by atoms with E-state index in [0.29, 0.717) is 0 Å². The number of carbonyl (C=O) groups excluding carboxylic acids is 1. The average Bonchev–Trinajstić information content (AvgIpc) is 1.41. The fraction of sp³-hybridized carbons (Fsp3) is 0. The van der Waals surface area contributed by atoms with Gasteiger partial charge >= 0.3 is 0 Å². The summed E-state index contributed by atoms with van der Waals surface area (Å²) in [5, 5.41) is 10.0. The van der Waals surface area contributed by atoms with Crippen LogP contribution in [0, 0.1) is 11.5 Å². The molecule has 0 aromatic heterocycles. The van der Waals surface area contributed by atoms with E-state index in [1.54, 1.807) is 0 Å². The Morgan fingerprint density at radius 2 is 2.60 bits per heavy atom. The van der Waals surface area contributed by atoms with Gasteiger partial charge in [0.25, 0.3) is 0 Å². The number of amides is 1. The van der Waals surface area contributed by atoms with Gasteiger partial charge in [-0.25, -0.2) is 0 Å². The molecule has 0 aliphatic rings. The lowest BCUT2D eigenvalue weighted by molar-refractivity contribution is -0.108. The van der Waals surface area contributed by atoms with Crippen molar-refractivity contribution in [2.24, 2.45) is 0 Å². The van der Waals surface area contributed by atoms with Crippen molar-refractivity contribution < 1.29 is 4.79 Å². The minimum Gasteiger partial charge on any atom is -0.276 e. The van der Waals surface area contributed by atoms with Crippen LogP contribution in [-0.2, 0) is 4.79 Å². The minimum atomic E-state index is 0.194. The minimum absolute atomic E-state index is 0.194. The highest BCUT2D eigenvalue weighted by Crippen LogP contribution is 1.30. The van der Waals surface area contributed by atoms with Gasteiger partial charge in [0, 0.05) is 0 Å². The molecular weight excluding hydrogens is 68.0 g/mol. The van der Waals surface area contributed by atoms with Gasteiger partial charge in [0.2, 0.25) is 12.6 Å². The van der Waals surface area contributed by atoms with Crippen LogP contribution in [0.1, 0.15) is 0 Å². The molecule has 1 radical (unpaired) electrons. The van der Waals surface area contributed by atoms with Crippen molar-refractivity contribution in [3.63, 3.8) is 0 Å². The zero-order valence-corrected chi connectivity index (χ0v) is 2.38. The number of hydrogen-bond acceptors (Lipinski definition) is 2. The van der Waals surface area contributed by atoms with Crippen LogP contribution in [0.2, 0.25) is 0 Å². The van der Waals surface area contributed by atoms with Crippen molar-refractivity contribution in [3.8, 4) is 6.19 Å². The normalized spacial score (nSPS) is 4.60. The lowest BCUT2D eigenvalue weighted by Gasteiger charge is -1.53. The van der Waals surface area contributed by atoms with Gasteiger partial charge in [0.1, 0.15) is 0 Å². The molecule has 1 amide bonds. The molecular formula is C2HN2O. The summed E-state index contributed by atoms with van der Waals surface area (Å²) in [5.74, 6) is 0. The Kier molecular flexibility index (Phi) is 2.34. The summed E-state index contributed by atoms with van der Waals surface area (Å²) in [5.41, 5.74) is 0. The third-order valence-electron chi connectivity index (χ3n) is 0.110. The van der Waals surface area contributed by atoms with E-state index in [2.05, 4.69) is 5.32 Å². The van der Waals surface area contributed by atoms with Crippen LogP contribution >= 0.6 is 0 Å². The van der Waals surface area contributed by atoms with E-state index in [1.165, 1.54) is 6.19 Å². The van der Waals surface area contributed by atoms with Crippen LogP contribution in [0.3, 0.4) is 0 Å². The predicted octanol–water partition coefficient (Wildman–Crippen LogP) is -0.772. The molecule has 0 heterocycles. The van der Waals surface area contributed by atoms with Gasteiger partial charge in [-0.3, -0.25) is 4.79 Å². The van der Waals surface area contributed by atoms with Gasteiger partial charge in [-0.05, 0) is 0 Å².